The van der Waals surface area contributed by atoms with Crippen LogP contribution in [-0.2, 0) is 11.3 Å². The van der Waals surface area contributed by atoms with Crippen LogP contribution in [0.3, 0.4) is 0 Å². The van der Waals surface area contributed by atoms with E-state index in [9.17, 15) is 9.18 Å². The summed E-state index contributed by atoms with van der Waals surface area (Å²) in [7, 11) is 1.80. The molecule has 0 spiro atoms. The van der Waals surface area contributed by atoms with Crippen molar-refractivity contribution in [1.82, 2.24) is 4.90 Å². The molecule has 0 saturated carbocycles. The van der Waals surface area contributed by atoms with Crippen molar-refractivity contribution >= 4 is 17.7 Å². The lowest BCUT2D eigenvalue weighted by Gasteiger charge is -2.31. The quantitative estimate of drug-likeness (QED) is 0.741. The Morgan fingerprint density at radius 1 is 1.12 bits per heavy atom. The predicted molar refractivity (Wildman–Crippen MR) is 104 cm³/mol. The molecule has 0 atom stereocenters. The van der Waals surface area contributed by atoms with E-state index in [1.165, 1.54) is 43.2 Å². The van der Waals surface area contributed by atoms with Gasteiger partial charge in [-0.15, -0.1) is 0 Å². The minimum atomic E-state index is -0.302. The second kappa shape index (κ2) is 8.65. The topological polar surface area (TPSA) is 23.6 Å². The summed E-state index contributed by atoms with van der Waals surface area (Å²) in [6.45, 7) is 2.71. The Hall–Kier alpha value is -2.62. The minimum absolute atomic E-state index is 0.0947. The van der Waals surface area contributed by atoms with E-state index in [0.29, 0.717) is 12.1 Å². The van der Waals surface area contributed by atoms with Gasteiger partial charge in [0.1, 0.15) is 5.82 Å². The Labute approximate surface area is 154 Å². The number of anilines is 1. The number of nitrogens with zero attached hydrogens (tertiary/aromatic N) is 2. The fourth-order valence-electron chi connectivity index (χ4n) is 3.33. The van der Waals surface area contributed by atoms with Crippen molar-refractivity contribution in [2.45, 2.75) is 25.8 Å². The van der Waals surface area contributed by atoms with Crippen LogP contribution in [0.4, 0.5) is 10.1 Å². The predicted octanol–water partition coefficient (Wildman–Crippen LogP) is 4.49. The molecule has 3 rings (SSSR count). The molecule has 1 heterocycles. The second-order valence-electron chi connectivity index (χ2n) is 6.76. The lowest BCUT2D eigenvalue weighted by molar-refractivity contribution is -0.125. The monoisotopic (exact) mass is 352 g/mol. The van der Waals surface area contributed by atoms with Crippen LogP contribution < -0.4 is 4.90 Å². The summed E-state index contributed by atoms with van der Waals surface area (Å²) >= 11 is 0. The number of carbonyl (C=O) groups excluding carboxylic acids is 1. The Morgan fingerprint density at radius 3 is 2.65 bits per heavy atom. The van der Waals surface area contributed by atoms with Crippen molar-refractivity contribution in [1.29, 1.82) is 0 Å². The van der Waals surface area contributed by atoms with Crippen molar-refractivity contribution in [3.05, 3.63) is 71.6 Å². The normalized spacial score (nSPS) is 14.6. The first kappa shape index (κ1) is 18.2. The van der Waals surface area contributed by atoms with Crippen LogP contribution in [-0.4, -0.2) is 30.9 Å². The van der Waals surface area contributed by atoms with Gasteiger partial charge in [0.25, 0.3) is 0 Å². The van der Waals surface area contributed by atoms with Crippen LogP contribution in [0.25, 0.3) is 6.08 Å². The number of carbonyl (C=O) groups is 1. The van der Waals surface area contributed by atoms with Gasteiger partial charge in [0.05, 0.1) is 0 Å². The highest BCUT2D eigenvalue weighted by atomic mass is 19.1. The number of amides is 1. The Balaban J connectivity index is 1.67. The third-order valence-corrected chi connectivity index (χ3v) is 4.74. The third-order valence-electron chi connectivity index (χ3n) is 4.74. The first-order valence-corrected chi connectivity index (χ1v) is 9.15. The van der Waals surface area contributed by atoms with Crippen molar-refractivity contribution < 1.29 is 9.18 Å². The van der Waals surface area contributed by atoms with Crippen LogP contribution in [0, 0.1) is 5.82 Å². The van der Waals surface area contributed by atoms with Crippen molar-refractivity contribution in [2.24, 2.45) is 0 Å². The molecule has 2 aromatic rings. The van der Waals surface area contributed by atoms with Crippen LogP contribution in [0.2, 0.25) is 0 Å². The first-order chi connectivity index (χ1) is 12.6. The molecule has 0 aliphatic carbocycles. The second-order valence-corrected chi connectivity index (χ2v) is 6.76. The van der Waals surface area contributed by atoms with Crippen molar-refractivity contribution in [3.63, 3.8) is 0 Å². The maximum Gasteiger partial charge on any atom is 0.246 e. The number of hydrogen-bond donors (Lipinski definition) is 0. The zero-order chi connectivity index (χ0) is 18.4. The molecular formula is C22H25FN2O. The van der Waals surface area contributed by atoms with E-state index in [2.05, 4.69) is 23.1 Å². The van der Waals surface area contributed by atoms with Gasteiger partial charge in [0.2, 0.25) is 5.91 Å². The summed E-state index contributed by atoms with van der Waals surface area (Å²) in [4.78, 5) is 16.5. The van der Waals surface area contributed by atoms with Gasteiger partial charge in [0.15, 0.2) is 0 Å². The van der Waals surface area contributed by atoms with E-state index >= 15 is 0 Å². The summed E-state index contributed by atoms with van der Waals surface area (Å²) in [5.41, 5.74) is 3.06. The molecule has 1 aliphatic rings. The van der Waals surface area contributed by atoms with Crippen LogP contribution in [0.5, 0.6) is 0 Å². The third kappa shape index (κ3) is 4.72. The zero-order valence-electron chi connectivity index (χ0n) is 15.2. The van der Waals surface area contributed by atoms with E-state index in [1.807, 2.05) is 6.07 Å². The molecule has 136 valence electrons. The van der Waals surface area contributed by atoms with Crippen LogP contribution >= 0.6 is 0 Å². The van der Waals surface area contributed by atoms with E-state index in [0.717, 1.165) is 18.7 Å². The molecule has 1 amide bonds. The van der Waals surface area contributed by atoms with Gasteiger partial charge in [-0.1, -0.05) is 30.3 Å². The van der Waals surface area contributed by atoms with Gasteiger partial charge in [-0.3, -0.25) is 4.79 Å². The molecule has 0 N–H and O–H groups in total. The Bertz CT molecular complexity index is 781. The molecule has 0 unspecified atom stereocenters. The summed E-state index contributed by atoms with van der Waals surface area (Å²) in [5, 5.41) is 0. The van der Waals surface area contributed by atoms with Gasteiger partial charge >= 0.3 is 0 Å². The van der Waals surface area contributed by atoms with Crippen molar-refractivity contribution in [2.75, 3.05) is 25.0 Å². The van der Waals surface area contributed by atoms with Gasteiger partial charge in [-0.2, -0.15) is 0 Å². The van der Waals surface area contributed by atoms with E-state index in [-0.39, 0.29) is 11.7 Å². The van der Waals surface area contributed by atoms with E-state index in [4.69, 9.17) is 0 Å². The van der Waals surface area contributed by atoms with Gasteiger partial charge in [0, 0.05) is 38.4 Å². The van der Waals surface area contributed by atoms with Crippen LogP contribution in [0.1, 0.15) is 30.4 Å². The average molecular weight is 352 g/mol. The minimum Gasteiger partial charge on any atom is -0.371 e. The smallest absolute Gasteiger partial charge is 0.246 e. The molecular weight excluding hydrogens is 327 g/mol. The molecule has 0 aromatic heterocycles. The number of benzene rings is 2. The fourth-order valence-corrected chi connectivity index (χ4v) is 3.33. The Kier molecular flexibility index (Phi) is 6.05. The average Bonchev–Trinajstić information content (AvgIpc) is 2.67. The fraction of sp³-hybridized carbons (Fsp3) is 0.318. The highest BCUT2D eigenvalue weighted by molar-refractivity contribution is 5.91. The molecule has 2 aromatic carbocycles. The number of hydrogen-bond acceptors (Lipinski definition) is 2. The zero-order valence-corrected chi connectivity index (χ0v) is 15.2. The summed E-state index contributed by atoms with van der Waals surface area (Å²) in [5.74, 6) is -0.397. The van der Waals surface area contributed by atoms with Gasteiger partial charge in [-0.05, 0) is 54.7 Å². The number of para-hydroxylation sites is 1. The number of piperidine rings is 1. The summed E-state index contributed by atoms with van der Waals surface area (Å²) < 4.78 is 13.2. The van der Waals surface area contributed by atoms with E-state index in [1.54, 1.807) is 30.2 Å². The largest absolute Gasteiger partial charge is 0.371 e. The van der Waals surface area contributed by atoms with Crippen LogP contribution in [0.15, 0.2) is 54.6 Å². The molecule has 1 fully saturated rings. The lowest BCUT2D eigenvalue weighted by atomic mass is 10.1. The van der Waals surface area contributed by atoms with Gasteiger partial charge in [-0.25, -0.2) is 4.39 Å². The van der Waals surface area contributed by atoms with E-state index < -0.39 is 0 Å². The molecule has 0 radical (unpaired) electrons. The molecule has 0 bridgehead atoms. The molecule has 26 heavy (non-hydrogen) atoms. The molecule has 1 aliphatic heterocycles. The molecule has 1 saturated heterocycles. The molecule has 4 heteroatoms. The first-order valence-electron chi connectivity index (χ1n) is 9.15. The number of halogens is 1. The standard InChI is InChI=1S/C22H25FN2O/c1-24(22(26)13-12-18-8-7-10-20(23)16-18)17-19-9-3-4-11-21(19)25-14-5-2-6-15-25/h3-4,7-13,16H,2,5-6,14-15,17H2,1H3/b13-12+. The Morgan fingerprint density at radius 2 is 1.88 bits per heavy atom. The van der Waals surface area contributed by atoms with Gasteiger partial charge < -0.3 is 9.80 Å². The molecule has 3 nitrogen and oxygen atoms in total. The lowest BCUT2D eigenvalue weighted by Crippen LogP contribution is -2.31. The summed E-state index contributed by atoms with van der Waals surface area (Å²) in [6.07, 6.45) is 6.89. The maximum absolute atomic E-state index is 13.2. The highest BCUT2D eigenvalue weighted by Gasteiger charge is 2.16. The summed E-state index contributed by atoms with van der Waals surface area (Å²) in [6, 6.07) is 14.5. The highest BCUT2D eigenvalue weighted by Crippen LogP contribution is 2.25. The SMILES string of the molecule is CN(Cc1ccccc1N1CCCCC1)C(=O)/C=C/c1cccc(F)c1. The number of likely N-dealkylation sites (N-methyl/N-ethyl adjacent to an activating group) is 1. The number of rotatable bonds is 5. The van der Waals surface area contributed by atoms with Crippen molar-refractivity contribution in [3.8, 4) is 0 Å². The maximum atomic E-state index is 13.2.